The summed E-state index contributed by atoms with van der Waals surface area (Å²) >= 11 is 0. The third-order valence-corrected chi connectivity index (χ3v) is 7.34. The summed E-state index contributed by atoms with van der Waals surface area (Å²) in [5.74, 6) is -0.251. The van der Waals surface area contributed by atoms with Gasteiger partial charge in [-0.25, -0.2) is 14.4 Å². The van der Waals surface area contributed by atoms with Crippen molar-refractivity contribution in [3.05, 3.63) is 103 Å². The first kappa shape index (κ1) is 28.8. The lowest BCUT2D eigenvalue weighted by molar-refractivity contribution is -0.140. The SMILES string of the molecule is C=CC(=C)Nc1cc(Nc2cc(N3CCCC3c3cccc(C(F)(F)F)c3F)ncn2)c(CC)cc1-c1cnn(C)c1. The molecular formula is C31H31F4N7. The van der Waals surface area contributed by atoms with E-state index < -0.39 is 23.6 Å². The summed E-state index contributed by atoms with van der Waals surface area (Å²) in [6, 6.07) is 8.62. The maximum Gasteiger partial charge on any atom is 0.419 e. The van der Waals surface area contributed by atoms with Crippen LogP contribution in [-0.4, -0.2) is 26.3 Å². The molecule has 2 aromatic heterocycles. The van der Waals surface area contributed by atoms with E-state index in [-0.39, 0.29) is 5.56 Å². The van der Waals surface area contributed by atoms with E-state index in [1.165, 1.54) is 18.5 Å². The van der Waals surface area contributed by atoms with E-state index in [1.807, 2.05) is 31.1 Å². The number of rotatable bonds is 9. The van der Waals surface area contributed by atoms with Gasteiger partial charge in [0.25, 0.3) is 0 Å². The average molecular weight is 578 g/mol. The number of hydrogen-bond acceptors (Lipinski definition) is 6. The van der Waals surface area contributed by atoms with Crippen molar-refractivity contribution in [2.45, 2.75) is 38.4 Å². The maximum atomic E-state index is 15.1. The Labute approximate surface area is 241 Å². The van der Waals surface area contributed by atoms with Crippen molar-refractivity contribution in [2.24, 2.45) is 7.05 Å². The minimum absolute atomic E-state index is 0.00729. The van der Waals surface area contributed by atoms with Crippen LogP contribution in [0.15, 0.2) is 80.1 Å². The second-order valence-electron chi connectivity index (χ2n) is 10.1. The van der Waals surface area contributed by atoms with E-state index in [9.17, 15) is 13.2 Å². The molecule has 4 aromatic rings. The zero-order valence-corrected chi connectivity index (χ0v) is 23.3. The highest BCUT2D eigenvalue weighted by atomic mass is 19.4. The monoisotopic (exact) mass is 577 g/mol. The number of nitrogens with one attached hydrogen (secondary N) is 2. The smallest absolute Gasteiger partial charge is 0.355 e. The van der Waals surface area contributed by atoms with Gasteiger partial charge in [-0.1, -0.05) is 32.2 Å². The molecule has 0 aliphatic carbocycles. The molecule has 1 saturated heterocycles. The van der Waals surface area contributed by atoms with E-state index in [1.54, 1.807) is 23.0 Å². The quantitative estimate of drug-likeness (QED) is 0.156. The fourth-order valence-corrected chi connectivity index (χ4v) is 5.28. The van der Waals surface area contributed by atoms with E-state index >= 15 is 4.39 Å². The molecule has 42 heavy (non-hydrogen) atoms. The van der Waals surface area contributed by atoms with E-state index in [2.05, 4.69) is 44.9 Å². The van der Waals surface area contributed by atoms with Crippen molar-refractivity contribution in [3.8, 4) is 11.1 Å². The van der Waals surface area contributed by atoms with Gasteiger partial charge in [-0.15, -0.1) is 0 Å². The number of aryl methyl sites for hydroxylation is 2. The van der Waals surface area contributed by atoms with Crippen LogP contribution in [0.2, 0.25) is 0 Å². The third-order valence-electron chi connectivity index (χ3n) is 7.34. The van der Waals surface area contributed by atoms with Gasteiger partial charge in [-0.3, -0.25) is 4.68 Å². The lowest BCUT2D eigenvalue weighted by atomic mass is 10.00. The largest absolute Gasteiger partial charge is 0.419 e. The Morgan fingerprint density at radius 1 is 1.17 bits per heavy atom. The molecule has 0 spiro atoms. The Balaban J connectivity index is 1.48. The average Bonchev–Trinajstić information content (AvgIpc) is 3.62. The maximum absolute atomic E-state index is 15.1. The summed E-state index contributed by atoms with van der Waals surface area (Å²) in [6.45, 7) is 10.4. The number of halogens is 4. The van der Waals surface area contributed by atoms with Crippen molar-refractivity contribution in [3.63, 3.8) is 0 Å². The van der Waals surface area contributed by atoms with Gasteiger partial charge in [-0.2, -0.15) is 18.3 Å². The zero-order valence-electron chi connectivity index (χ0n) is 23.3. The molecular weight excluding hydrogens is 546 g/mol. The van der Waals surface area contributed by atoms with Gasteiger partial charge < -0.3 is 15.5 Å². The second kappa shape index (κ2) is 11.7. The molecule has 0 bridgehead atoms. The first-order valence-corrected chi connectivity index (χ1v) is 13.5. The Hall–Kier alpha value is -4.67. The highest BCUT2D eigenvalue weighted by molar-refractivity contribution is 5.84. The van der Waals surface area contributed by atoms with Crippen LogP contribution in [0, 0.1) is 5.82 Å². The van der Waals surface area contributed by atoms with Gasteiger partial charge in [0.15, 0.2) is 0 Å². The number of alkyl halides is 3. The van der Waals surface area contributed by atoms with Gasteiger partial charge in [0.05, 0.1) is 17.8 Å². The first-order valence-electron chi connectivity index (χ1n) is 13.5. The van der Waals surface area contributed by atoms with Gasteiger partial charge in [0.1, 0.15) is 23.8 Å². The first-order chi connectivity index (χ1) is 20.1. The van der Waals surface area contributed by atoms with Crippen LogP contribution in [0.4, 0.5) is 40.6 Å². The van der Waals surface area contributed by atoms with Crippen molar-refractivity contribution in [1.82, 2.24) is 19.7 Å². The summed E-state index contributed by atoms with van der Waals surface area (Å²) < 4.78 is 57.0. The molecule has 3 heterocycles. The van der Waals surface area contributed by atoms with Crippen molar-refractivity contribution in [1.29, 1.82) is 0 Å². The van der Waals surface area contributed by atoms with Gasteiger partial charge in [-0.05, 0) is 49.1 Å². The molecule has 2 aromatic carbocycles. The normalized spacial score (nSPS) is 15.1. The minimum Gasteiger partial charge on any atom is -0.355 e. The van der Waals surface area contributed by atoms with Crippen molar-refractivity contribution >= 4 is 23.0 Å². The van der Waals surface area contributed by atoms with E-state index in [0.717, 1.165) is 40.6 Å². The van der Waals surface area contributed by atoms with E-state index in [4.69, 9.17) is 0 Å². The fraction of sp³-hybridized carbons (Fsp3) is 0.258. The zero-order chi connectivity index (χ0) is 30.0. The van der Waals surface area contributed by atoms with Crippen LogP contribution >= 0.6 is 0 Å². The Morgan fingerprint density at radius 2 is 1.98 bits per heavy atom. The number of hydrogen-bond donors (Lipinski definition) is 2. The molecule has 1 aliphatic heterocycles. The molecule has 218 valence electrons. The van der Waals surface area contributed by atoms with Gasteiger partial charge in [0, 0.05) is 59.6 Å². The number of anilines is 4. The highest BCUT2D eigenvalue weighted by Gasteiger charge is 2.37. The summed E-state index contributed by atoms with van der Waals surface area (Å²) in [5, 5.41) is 11.0. The number of allylic oxidation sites excluding steroid dienone is 1. The van der Waals surface area contributed by atoms with Crippen LogP contribution in [0.1, 0.15) is 42.5 Å². The predicted molar refractivity (Wildman–Crippen MR) is 157 cm³/mol. The van der Waals surface area contributed by atoms with Crippen LogP contribution in [0.5, 0.6) is 0 Å². The van der Waals surface area contributed by atoms with Crippen molar-refractivity contribution in [2.75, 3.05) is 22.1 Å². The fourth-order valence-electron chi connectivity index (χ4n) is 5.28. The van der Waals surface area contributed by atoms with Crippen LogP contribution < -0.4 is 15.5 Å². The van der Waals surface area contributed by atoms with Crippen LogP contribution in [0.3, 0.4) is 0 Å². The van der Waals surface area contributed by atoms with E-state index in [0.29, 0.717) is 36.7 Å². The summed E-state index contributed by atoms with van der Waals surface area (Å²) in [4.78, 5) is 10.6. The molecule has 11 heteroatoms. The highest BCUT2D eigenvalue weighted by Crippen LogP contribution is 2.41. The Bertz CT molecular complexity index is 1630. The van der Waals surface area contributed by atoms with Gasteiger partial charge in [0.2, 0.25) is 0 Å². The molecule has 7 nitrogen and oxygen atoms in total. The molecule has 1 fully saturated rings. The third kappa shape index (κ3) is 5.86. The number of benzene rings is 2. The van der Waals surface area contributed by atoms with Crippen molar-refractivity contribution < 1.29 is 17.6 Å². The lowest BCUT2D eigenvalue weighted by Gasteiger charge is -2.27. The topological polar surface area (TPSA) is 70.9 Å². The summed E-state index contributed by atoms with van der Waals surface area (Å²) in [6.07, 6.45) is 3.88. The second-order valence-corrected chi connectivity index (χ2v) is 10.1. The summed E-state index contributed by atoms with van der Waals surface area (Å²) in [7, 11) is 1.86. The Kier molecular flexibility index (Phi) is 8.02. The predicted octanol–water partition coefficient (Wildman–Crippen LogP) is 7.79. The van der Waals surface area contributed by atoms with Gasteiger partial charge >= 0.3 is 6.18 Å². The molecule has 0 radical (unpaired) electrons. The van der Waals surface area contributed by atoms with Crippen LogP contribution in [0.25, 0.3) is 11.1 Å². The number of aromatic nitrogens is 4. The molecule has 5 rings (SSSR count). The Morgan fingerprint density at radius 3 is 2.67 bits per heavy atom. The minimum atomic E-state index is -4.77. The summed E-state index contributed by atoms with van der Waals surface area (Å²) in [5.41, 5.74) is 3.87. The standard InChI is InChI=1S/C31H31F4N7/c1-5-19(3)39-26-14-25(20(6-2)13-23(26)21-16-38-41(4)17-21)40-28-15-29(37-18-36-28)42-12-8-11-27(42)22-9-7-10-24(30(22)32)31(33,34)35/h5,7,9-10,13-18,27,39H,1,3,6,8,11-12H2,2,4H3,(H,36,37,40). The van der Waals surface area contributed by atoms with Crippen LogP contribution in [-0.2, 0) is 19.6 Å². The lowest BCUT2D eigenvalue weighted by Crippen LogP contribution is -2.25. The molecule has 1 unspecified atom stereocenters. The molecule has 2 N–H and O–H groups in total. The molecule has 1 atom stereocenters. The number of nitrogens with zero attached hydrogens (tertiary/aromatic N) is 5. The molecule has 1 aliphatic rings. The molecule has 0 saturated carbocycles. The molecule has 0 amide bonds.